The largest absolute Gasteiger partial charge is 0.310 e. The minimum absolute atomic E-state index is 0.300. The van der Waals surface area contributed by atoms with Crippen LogP contribution in [-0.2, 0) is 6.54 Å². The quantitative estimate of drug-likeness (QED) is 0.677. The van der Waals surface area contributed by atoms with Crippen molar-refractivity contribution < 1.29 is 4.39 Å². The fraction of sp³-hybridized carbons (Fsp3) is 0.400. The van der Waals surface area contributed by atoms with Gasteiger partial charge in [0.2, 0.25) is 0 Å². The molecule has 0 heterocycles. The van der Waals surface area contributed by atoms with Crippen molar-refractivity contribution in [1.29, 1.82) is 0 Å². The molecule has 0 aliphatic carbocycles. The summed E-state index contributed by atoms with van der Waals surface area (Å²) < 4.78 is 11.7. The Morgan fingerprint density at radius 3 is 2.50 bits per heavy atom. The molecule has 0 saturated carbocycles. The molecule has 66 valence electrons. The SMILES string of the molecule is Cc1ccc(CNCCF)cc1. The maximum atomic E-state index is 11.7. The van der Waals surface area contributed by atoms with E-state index < -0.39 is 0 Å². The van der Waals surface area contributed by atoms with Crippen LogP contribution in [0, 0.1) is 6.92 Å². The van der Waals surface area contributed by atoms with Gasteiger partial charge in [0.25, 0.3) is 0 Å². The van der Waals surface area contributed by atoms with E-state index in [0.717, 1.165) is 6.54 Å². The molecule has 0 spiro atoms. The Hall–Kier alpha value is -0.890. The predicted molar refractivity (Wildman–Crippen MR) is 48.9 cm³/mol. The van der Waals surface area contributed by atoms with Crippen molar-refractivity contribution in [2.45, 2.75) is 13.5 Å². The van der Waals surface area contributed by atoms with E-state index in [0.29, 0.717) is 6.54 Å². The van der Waals surface area contributed by atoms with Gasteiger partial charge in [-0.1, -0.05) is 29.8 Å². The third-order valence-electron chi connectivity index (χ3n) is 1.72. The molecule has 2 heteroatoms. The molecule has 0 atom stereocenters. The fourth-order valence-electron chi connectivity index (χ4n) is 1.01. The van der Waals surface area contributed by atoms with Crippen molar-refractivity contribution >= 4 is 0 Å². The van der Waals surface area contributed by atoms with E-state index in [1.165, 1.54) is 11.1 Å². The molecule has 0 bridgehead atoms. The molecular weight excluding hydrogens is 153 g/mol. The molecule has 0 radical (unpaired) electrons. The number of alkyl halides is 1. The molecule has 1 aromatic carbocycles. The van der Waals surface area contributed by atoms with Gasteiger partial charge in [-0.05, 0) is 12.5 Å². The molecule has 0 unspecified atom stereocenters. The first kappa shape index (κ1) is 9.20. The monoisotopic (exact) mass is 167 g/mol. The smallest absolute Gasteiger partial charge is 0.102 e. The molecule has 0 amide bonds. The molecule has 12 heavy (non-hydrogen) atoms. The van der Waals surface area contributed by atoms with Gasteiger partial charge in [0.05, 0.1) is 0 Å². The normalized spacial score (nSPS) is 10.2. The lowest BCUT2D eigenvalue weighted by Gasteiger charge is -2.02. The first-order valence-electron chi connectivity index (χ1n) is 4.15. The summed E-state index contributed by atoms with van der Waals surface area (Å²) in [6.07, 6.45) is 0. The fourth-order valence-corrected chi connectivity index (χ4v) is 1.01. The number of rotatable bonds is 4. The topological polar surface area (TPSA) is 12.0 Å². The van der Waals surface area contributed by atoms with Crippen molar-refractivity contribution in [1.82, 2.24) is 5.32 Å². The minimum Gasteiger partial charge on any atom is -0.310 e. The Morgan fingerprint density at radius 2 is 1.92 bits per heavy atom. The van der Waals surface area contributed by atoms with Crippen LogP contribution in [0.5, 0.6) is 0 Å². The zero-order chi connectivity index (χ0) is 8.81. The highest BCUT2D eigenvalue weighted by Crippen LogP contribution is 2.01. The van der Waals surface area contributed by atoms with Crippen LogP contribution >= 0.6 is 0 Å². The Balaban J connectivity index is 2.37. The third-order valence-corrected chi connectivity index (χ3v) is 1.72. The highest BCUT2D eigenvalue weighted by Gasteiger charge is 1.90. The van der Waals surface area contributed by atoms with E-state index in [-0.39, 0.29) is 6.67 Å². The molecular formula is C10H14FN. The van der Waals surface area contributed by atoms with Gasteiger partial charge in [0.15, 0.2) is 0 Å². The van der Waals surface area contributed by atoms with E-state index in [1.54, 1.807) is 0 Å². The minimum atomic E-state index is -0.300. The highest BCUT2D eigenvalue weighted by atomic mass is 19.1. The lowest BCUT2D eigenvalue weighted by molar-refractivity contribution is 0.467. The molecule has 0 saturated heterocycles. The molecule has 1 aromatic rings. The Morgan fingerprint density at radius 1 is 1.25 bits per heavy atom. The van der Waals surface area contributed by atoms with E-state index in [2.05, 4.69) is 36.5 Å². The third kappa shape index (κ3) is 3.01. The van der Waals surface area contributed by atoms with Crippen LogP contribution in [-0.4, -0.2) is 13.2 Å². The molecule has 0 aromatic heterocycles. The maximum Gasteiger partial charge on any atom is 0.102 e. The van der Waals surface area contributed by atoms with Crippen LogP contribution in [0.3, 0.4) is 0 Å². The summed E-state index contributed by atoms with van der Waals surface area (Å²) in [6.45, 7) is 2.95. The second kappa shape index (κ2) is 4.88. The van der Waals surface area contributed by atoms with Gasteiger partial charge in [-0.2, -0.15) is 0 Å². The van der Waals surface area contributed by atoms with E-state index in [1.807, 2.05) is 0 Å². The van der Waals surface area contributed by atoms with Crippen molar-refractivity contribution in [2.75, 3.05) is 13.2 Å². The van der Waals surface area contributed by atoms with Gasteiger partial charge < -0.3 is 5.32 Å². The van der Waals surface area contributed by atoms with E-state index >= 15 is 0 Å². The molecule has 1 N–H and O–H groups in total. The second-order valence-corrected chi connectivity index (χ2v) is 2.85. The molecule has 1 nitrogen and oxygen atoms in total. The summed E-state index contributed by atoms with van der Waals surface area (Å²) in [6, 6.07) is 8.24. The standard InChI is InChI=1S/C10H14FN/c1-9-2-4-10(5-3-9)8-12-7-6-11/h2-5,12H,6-8H2,1H3. The van der Waals surface area contributed by atoms with Crippen molar-refractivity contribution in [2.24, 2.45) is 0 Å². The second-order valence-electron chi connectivity index (χ2n) is 2.85. The summed E-state index contributed by atoms with van der Waals surface area (Å²) in [5, 5.41) is 3.00. The van der Waals surface area contributed by atoms with Gasteiger partial charge in [-0.25, -0.2) is 4.39 Å². The van der Waals surface area contributed by atoms with E-state index in [9.17, 15) is 4.39 Å². The van der Waals surface area contributed by atoms with Crippen LogP contribution in [0.1, 0.15) is 11.1 Å². The van der Waals surface area contributed by atoms with Gasteiger partial charge in [-0.3, -0.25) is 0 Å². The van der Waals surface area contributed by atoms with Crippen molar-refractivity contribution in [3.63, 3.8) is 0 Å². The van der Waals surface area contributed by atoms with E-state index in [4.69, 9.17) is 0 Å². The number of nitrogens with one attached hydrogen (secondary N) is 1. The van der Waals surface area contributed by atoms with Gasteiger partial charge in [0, 0.05) is 13.1 Å². The summed E-state index contributed by atoms with van der Waals surface area (Å²) in [7, 11) is 0. The highest BCUT2D eigenvalue weighted by molar-refractivity contribution is 5.20. The average molecular weight is 167 g/mol. The molecule has 0 aliphatic rings. The lowest BCUT2D eigenvalue weighted by atomic mass is 10.1. The van der Waals surface area contributed by atoms with Crippen LogP contribution in [0.2, 0.25) is 0 Å². The van der Waals surface area contributed by atoms with Gasteiger partial charge >= 0.3 is 0 Å². The Labute approximate surface area is 72.6 Å². The number of hydrogen-bond acceptors (Lipinski definition) is 1. The first-order valence-corrected chi connectivity index (χ1v) is 4.15. The Bertz CT molecular complexity index is 218. The summed E-state index contributed by atoms with van der Waals surface area (Å²) in [4.78, 5) is 0. The number of benzene rings is 1. The van der Waals surface area contributed by atoms with Crippen molar-refractivity contribution in [3.8, 4) is 0 Å². The number of halogens is 1. The molecule has 1 rings (SSSR count). The summed E-state index contributed by atoms with van der Waals surface area (Å²) in [5.41, 5.74) is 2.46. The van der Waals surface area contributed by atoms with Crippen LogP contribution in [0.4, 0.5) is 4.39 Å². The zero-order valence-electron chi connectivity index (χ0n) is 7.31. The maximum absolute atomic E-state index is 11.7. The van der Waals surface area contributed by atoms with Crippen LogP contribution in [0.15, 0.2) is 24.3 Å². The lowest BCUT2D eigenvalue weighted by Crippen LogP contribution is -2.15. The predicted octanol–water partition coefficient (Wildman–Crippen LogP) is 2.05. The van der Waals surface area contributed by atoms with Gasteiger partial charge in [-0.15, -0.1) is 0 Å². The summed E-state index contributed by atoms with van der Waals surface area (Å²) >= 11 is 0. The van der Waals surface area contributed by atoms with Crippen LogP contribution < -0.4 is 5.32 Å². The van der Waals surface area contributed by atoms with Gasteiger partial charge in [0.1, 0.15) is 6.67 Å². The summed E-state index contributed by atoms with van der Waals surface area (Å²) in [5.74, 6) is 0. The number of aryl methyl sites for hydroxylation is 1. The van der Waals surface area contributed by atoms with Crippen molar-refractivity contribution in [3.05, 3.63) is 35.4 Å². The average Bonchev–Trinajstić information content (AvgIpc) is 2.09. The number of hydrogen-bond donors (Lipinski definition) is 1. The Kier molecular flexibility index (Phi) is 3.74. The molecule has 0 aliphatic heterocycles. The first-order chi connectivity index (χ1) is 5.83. The molecule has 0 fully saturated rings. The van der Waals surface area contributed by atoms with Crippen LogP contribution in [0.25, 0.3) is 0 Å². The zero-order valence-corrected chi connectivity index (χ0v) is 7.31.